The molecule has 0 saturated carbocycles. The molecule has 1 aromatic carbocycles. The van der Waals surface area contributed by atoms with Crippen molar-refractivity contribution in [1.82, 2.24) is 4.31 Å². The Hall–Kier alpha value is -1.80. The lowest BCUT2D eigenvalue weighted by Crippen LogP contribution is -2.40. The normalized spacial score (nSPS) is 19.9. The summed E-state index contributed by atoms with van der Waals surface area (Å²) in [7, 11) is -2.64. The third-order valence-electron chi connectivity index (χ3n) is 3.28. The predicted octanol–water partition coefficient (Wildman–Crippen LogP) is 0.964. The molecule has 1 aliphatic heterocycles. The molecule has 108 valence electrons. The fourth-order valence-electron chi connectivity index (χ4n) is 2.25. The summed E-state index contributed by atoms with van der Waals surface area (Å²) in [5.41, 5.74) is 0.206. The molecule has 0 bridgehead atoms. The number of carboxylic acids is 1. The van der Waals surface area contributed by atoms with Crippen molar-refractivity contribution in [3.05, 3.63) is 29.2 Å². The van der Waals surface area contributed by atoms with E-state index in [4.69, 9.17) is 5.11 Å². The molecule has 0 aliphatic carbocycles. The summed E-state index contributed by atoms with van der Waals surface area (Å²) in [5.74, 6) is -1.15. The van der Waals surface area contributed by atoms with Gasteiger partial charge in [-0.15, -0.1) is 0 Å². The summed E-state index contributed by atoms with van der Waals surface area (Å²) >= 11 is 0. The van der Waals surface area contributed by atoms with Crippen LogP contribution in [0.4, 0.5) is 5.69 Å². The highest BCUT2D eigenvalue weighted by Crippen LogP contribution is 2.27. The van der Waals surface area contributed by atoms with Gasteiger partial charge < -0.3 is 5.11 Å². The van der Waals surface area contributed by atoms with Crippen molar-refractivity contribution in [1.29, 1.82) is 0 Å². The fourth-order valence-corrected chi connectivity index (χ4v) is 3.94. The summed E-state index contributed by atoms with van der Waals surface area (Å²) in [6, 6.07) is 4.53. The average molecular weight is 299 g/mol. The maximum atomic E-state index is 12.5. The first-order chi connectivity index (χ1) is 9.34. The van der Waals surface area contributed by atoms with Crippen molar-refractivity contribution in [3.63, 3.8) is 0 Å². The number of benzene rings is 1. The molecular formula is C12H15N2O5S+. The number of carbonyl (C=O) groups is 1. The number of sulfonamides is 1. The van der Waals surface area contributed by atoms with Gasteiger partial charge in [-0.3, -0.25) is 4.79 Å². The van der Waals surface area contributed by atoms with Crippen molar-refractivity contribution in [2.24, 2.45) is 0 Å². The van der Waals surface area contributed by atoms with E-state index in [0.717, 1.165) is 4.31 Å². The highest BCUT2D eigenvalue weighted by molar-refractivity contribution is 7.89. The van der Waals surface area contributed by atoms with Crippen LogP contribution in [0, 0.1) is 4.91 Å². The van der Waals surface area contributed by atoms with Gasteiger partial charge >= 0.3 is 5.97 Å². The van der Waals surface area contributed by atoms with Gasteiger partial charge in [-0.2, -0.15) is 4.31 Å². The number of hydrogen-bond donors (Lipinski definition) is 1. The molecule has 1 saturated heterocycles. The van der Waals surface area contributed by atoms with Crippen LogP contribution in [0.1, 0.15) is 12.8 Å². The van der Waals surface area contributed by atoms with Crippen molar-refractivity contribution >= 4 is 21.7 Å². The molecule has 1 fully saturated rings. The van der Waals surface area contributed by atoms with Gasteiger partial charge in [0.05, 0.1) is 4.90 Å². The van der Waals surface area contributed by atoms with Crippen LogP contribution < -0.4 is 0 Å². The first kappa shape index (κ1) is 14.6. The van der Waals surface area contributed by atoms with E-state index in [1.807, 2.05) is 0 Å². The second-order valence-corrected chi connectivity index (χ2v) is 6.50. The molecule has 0 spiro atoms. The van der Waals surface area contributed by atoms with Gasteiger partial charge in [-0.25, -0.2) is 8.42 Å². The van der Waals surface area contributed by atoms with Gasteiger partial charge in [0, 0.05) is 28.3 Å². The Bertz CT molecular complexity index is 656. The van der Waals surface area contributed by atoms with Crippen LogP contribution in [-0.2, 0) is 14.8 Å². The molecule has 20 heavy (non-hydrogen) atoms. The summed E-state index contributed by atoms with van der Waals surface area (Å²) in [4.78, 5) is 22.3. The molecule has 0 amide bonds. The highest BCUT2D eigenvalue weighted by Gasteiger charge is 2.39. The van der Waals surface area contributed by atoms with E-state index in [0.29, 0.717) is 17.6 Å². The topological polar surface area (TPSA) is 94.8 Å². The number of hydrogen-bond acceptors (Lipinski definition) is 4. The molecule has 1 N–H and O–H groups in total. The summed E-state index contributed by atoms with van der Waals surface area (Å²) < 4.78 is 26.5. The van der Waals surface area contributed by atoms with Crippen molar-refractivity contribution < 1.29 is 23.1 Å². The number of nitrogens with zero attached hydrogens (tertiary/aromatic N) is 2. The molecule has 1 aliphatic rings. The first-order valence-electron chi connectivity index (χ1n) is 6.09. The molecule has 1 atom stereocenters. The van der Waals surface area contributed by atoms with Crippen molar-refractivity contribution in [2.45, 2.75) is 23.8 Å². The van der Waals surface area contributed by atoms with Crippen LogP contribution in [-0.4, -0.2) is 48.2 Å². The molecular weight excluding hydrogens is 284 g/mol. The third kappa shape index (κ3) is 2.56. The van der Waals surface area contributed by atoms with E-state index in [1.165, 1.54) is 31.3 Å². The minimum atomic E-state index is -3.90. The number of aliphatic carboxylic acids is 1. The van der Waals surface area contributed by atoms with Crippen LogP contribution >= 0.6 is 0 Å². The van der Waals surface area contributed by atoms with E-state index in [2.05, 4.69) is 0 Å². The van der Waals surface area contributed by atoms with E-state index in [9.17, 15) is 18.1 Å². The van der Waals surface area contributed by atoms with Gasteiger partial charge in [0.25, 0.3) is 5.69 Å². The van der Waals surface area contributed by atoms with Crippen LogP contribution in [0.25, 0.3) is 0 Å². The zero-order valence-electron chi connectivity index (χ0n) is 10.9. The molecule has 0 radical (unpaired) electrons. The molecule has 1 aromatic rings. The first-order valence-corrected chi connectivity index (χ1v) is 7.53. The van der Waals surface area contributed by atoms with E-state index < -0.39 is 22.0 Å². The maximum absolute atomic E-state index is 12.5. The monoisotopic (exact) mass is 299 g/mol. The molecule has 2 rings (SSSR count). The molecule has 1 unspecified atom stereocenters. The number of rotatable bonds is 4. The van der Waals surface area contributed by atoms with Gasteiger partial charge in [0.1, 0.15) is 6.04 Å². The Morgan fingerprint density at radius 2 is 2.15 bits per heavy atom. The molecule has 1 heterocycles. The standard InChI is InChI=1S/C12H14N2O5S/c1-13(17)9-4-2-5-10(8-9)20(18,19)14-7-3-6-11(14)12(15)16/h2,4-5,8,11H,3,6-7H2,1H3/p+1. The Morgan fingerprint density at radius 1 is 1.45 bits per heavy atom. The third-order valence-corrected chi connectivity index (χ3v) is 5.18. The molecule has 0 aromatic heterocycles. The minimum Gasteiger partial charge on any atom is -0.480 e. The second-order valence-electron chi connectivity index (χ2n) is 4.61. The summed E-state index contributed by atoms with van der Waals surface area (Å²) in [5, 5.41) is 9.07. The Kier molecular flexibility index (Phi) is 3.87. The zero-order valence-corrected chi connectivity index (χ0v) is 11.7. The van der Waals surface area contributed by atoms with Crippen LogP contribution in [0.5, 0.6) is 0 Å². The van der Waals surface area contributed by atoms with Gasteiger partial charge in [0.15, 0.2) is 7.05 Å². The van der Waals surface area contributed by atoms with E-state index >= 15 is 0 Å². The summed E-state index contributed by atoms with van der Waals surface area (Å²) in [6.07, 6.45) is 0.813. The largest absolute Gasteiger partial charge is 0.480 e. The number of carboxylic acid groups (broad SMARTS) is 1. The number of nitroso groups, excluding NO2 is 1. The smallest absolute Gasteiger partial charge is 0.322 e. The second kappa shape index (κ2) is 5.29. The Balaban J connectivity index is 2.42. The highest BCUT2D eigenvalue weighted by atomic mass is 32.2. The van der Waals surface area contributed by atoms with E-state index in [-0.39, 0.29) is 17.1 Å². The lowest BCUT2D eigenvalue weighted by atomic mass is 10.2. The van der Waals surface area contributed by atoms with E-state index in [1.54, 1.807) is 0 Å². The van der Waals surface area contributed by atoms with Gasteiger partial charge in [-0.05, 0) is 18.9 Å². The van der Waals surface area contributed by atoms with Gasteiger partial charge in [0.2, 0.25) is 10.0 Å². The average Bonchev–Trinajstić information content (AvgIpc) is 2.89. The lowest BCUT2D eigenvalue weighted by Gasteiger charge is -2.20. The Morgan fingerprint density at radius 3 is 2.75 bits per heavy atom. The zero-order chi connectivity index (χ0) is 14.9. The minimum absolute atomic E-state index is 0.0640. The molecule has 8 heteroatoms. The lowest BCUT2D eigenvalue weighted by molar-refractivity contribution is -0.428. The predicted molar refractivity (Wildman–Crippen MR) is 70.2 cm³/mol. The quantitative estimate of drug-likeness (QED) is 0.836. The summed E-state index contributed by atoms with van der Waals surface area (Å²) in [6.45, 7) is 0.177. The van der Waals surface area contributed by atoms with Crippen molar-refractivity contribution in [3.8, 4) is 0 Å². The fraction of sp³-hybridized carbons (Fsp3) is 0.417. The Labute approximate surface area is 116 Å². The van der Waals surface area contributed by atoms with Crippen LogP contribution in [0.3, 0.4) is 0 Å². The van der Waals surface area contributed by atoms with Gasteiger partial charge in [-0.1, -0.05) is 6.07 Å². The van der Waals surface area contributed by atoms with Crippen molar-refractivity contribution in [2.75, 3.05) is 13.6 Å². The maximum Gasteiger partial charge on any atom is 0.322 e. The van der Waals surface area contributed by atoms with Crippen LogP contribution in [0.15, 0.2) is 29.2 Å². The SMILES string of the molecule is C[N+](=O)c1cccc(S(=O)(=O)N2CCCC2C(=O)O)c1. The van der Waals surface area contributed by atoms with Crippen LogP contribution in [0.2, 0.25) is 0 Å². The molecule has 7 nitrogen and oxygen atoms in total.